The van der Waals surface area contributed by atoms with Crippen molar-refractivity contribution < 1.29 is 4.79 Å². The topological polar surface area (TPSA) is 58.1 Å². The minimum Gasteiger partial charge on any atom is -0.297 e. The number of carbonyl (C=O) groups excluding carboxylic acids is 1. The van der Waals surface area contributed by atoms with Crippen molar-refractivity contribution in [2.24, 2.45) is 0 Å². The minimum atomic E-state index is -0.237. The predicted octanol–water partition coefficient (Wildman–Crippen LogP) is 2.21. The Morgan fingerprint density at radius 2 is 2.12 bits per heavy atom. The van der Waals surface area contributed by atoms with Crippen molar-refractivity contribution in [3.8, 4) is 0 Å². The van der Waals surface area contributed by atoms with Crippen LogP contribution in [-0.2, 0) is 0 Å². The van der Waals surface area contributed by atoms with Gasteiger partial charge in [0.15, 0.2) is 5.82 Å². The van der Waals surface area contributed by atoms with Gasteiger partial charge in [0.2, 0.25) is 0 Å². The maximum absolute atomic E-state index is 11.8. The smallest absolute Gasteiger partial charge is 0.297 e. The van der Waals surface area contributed by atoms with E-state index in [4.69, 9.17) is 0 Å². The van der Waals surface area contributed by atoms with Crippen molar-refractivity contribution in [1.29, 1.82) is 0 Å². The highest BCUT2D eigenvalue weighted by atomic mass is 32.1. The molecule has 0 saturated heterocycles. The second-order valence-electron chi connectivity index (χ2n) is 3.12. The van der Waals surface area contributed by atoms with Crippen molar-refractivity contribution in [1.82, 2.24) is 8.75 Å². The third-order valence-electron chi connectivity index (χ3n) is 2.04. The molecule has 1 N–H and O–H groups in total. The molecule has 1 heterocycles. The van der Waals surface area contributed by atoms with Crippen LogP contribution in [0.2, 0.25) is 0 Å². The Morgan fingerprint density at radius 1 is 1.38 bits per heavy atom. The molecule has 82 valence electrons. The average molecular weight is 234 g/mol. The number of amides is 2. The molecule has 16 heavy (non-hydrogen) atoms. The van der Waals surface area contributed by atoms with E-state index >= 15 is 0 Å². The van der Waals surface area contributed by atoms with Crippen molar-refractivity contribution in [3.05, 3.63) is 36.5 Å². The van der Waals surface area contributed by atoms with Crippen LogP contribution in [0, 0.1) is 0 Å². The maximum Gasteiger partial charge on any atom is 0.327 e. The molecule has 5 nitrogen and oxygen atoms in total. The number of anilines is 2. The molecule has 0 atom stereocenters. The number of nitrogens with one attached hydrogen (secondary N) is 1. The first-order chi connectivity index (χ1) is 7.77. The van der Waals surface area contributed by atoms with Crippen LogP contribution in [0.1, 0.15) is 0 Å². The Kier molecular flexibility index (Phi) is 3.11. The van der Waals surface area contributed by atoms with E-state index in [1.165, 1.54) is 11.1 Å². The summed E-state index contributed by atoms with van der Waals surface area (Å²) in [6, 6.07) is 9.14. The number of benzene rings is 1. The summed E-state index contributed by atoms with van der Waals surface area (Å²) >= 11 is 1.06. The lowest BCUT2D eigenvalue weighted by Crippen LogP contribution is -2.31. The molecule has 0 bridgehead atoms. The highest BCUT2D eigenvalue weighted by Crippen LogP contribution is 2.12. The number of urea groups is 1. The van der Waals surface area contributed by atoms with Crippen LogP contribution in [0.25, 0.3) is 0 Å². The van der Waals surface area contributed by atoms with Gasteiger partial charge < -0.3 is 0 Å². The molecule has 0 unspecified atom stereocenters. The molecule has 0 saturated carbocycles. The van der Waals surface area contributed by atoms with E-state index in [1.807, 2.05) is 30.3 Å². The number of rotatable bonds is 2. The summed E-state index contributed by atoms with van der Waals surface area (Å²) in [4.78, 5) is 13.3. The Morgan fingerprint density at radius 3 is 2.75 bits per heavy atom. The lowest BCUT2D eigenvalue weighted by atomic mass is 10.3. The molecule has 0 aliphatic carbocycles. The average Bonchev–Trinajstić information content (AvgIpc) is 2.82. The molecule has 6 heteroatoms. The highest BCUT2D eigenvalue weighted by molar-refractivity contribution is 6.99. The summed E-state index contributed by atoms with van der Waals surface area (Å²) in [6.45, 7) is 0. The Hall–Kier alpha value is -1.95. The minimum absolute atomic E-state index is 0.237. The number of nitrogens with zero attached hydrogens (tertiary/aromatic N) is 3. The van der Waals surface area contributed by atoms with Crippen molar-refractivity contribution in [2.45, 2.75) is 0 Å². The monoisotopic (exact) mass is 234 g/mol. The van der Waals surface area contributed by atoms with Gasteiger partial charge in [-0.2, -0.15) is 8.75 Å². The molecular weight excluding hydrogens is 224 g/mol. The fourth-order valence-electron chi connectivity index (χ4n) is 1.18. The van der Waals surface area contributed by atoms with E-state index in [1.54, 1.807) is 7.05 Å². The molecule has 2 amide bonds. The number of aromatic nitrogens is 2. The van der Waals surface area contributed by atoms with E-state index in [2.05, 4.69) is 14.1 Å². The molecule has 0 aliphatic heterocycles. The summed E-state index contributed by atoms with van der Waals surface area (Å²) in [6.07, 6.45) is 1.52. The van der Waals surface area contributed by atoms with E-state index < -0.39 is 0 Å². The molecule has 1 aromatic carbocycles. The number of carbonyl (C=O) groups is 1. The van der Waals surface area contributed by atoms with Gasteiger partial charge in [0.25, 0.3) is 0 Å². The quantitative estimate of drug-likeness (QED) is 0.866. The van der Waals surface area contributed by atoms with Gasteiger partial charge in [-0.05, 0) is 12.1 Å². The van der Waals surface area contributed by atoms with Gasteiger partial charge in [-0.1, -0.05) is 18.2 Å². The molecule has 2 rings (SSSR count). The second-order valence-corrected chi connectivity index (χ2v) is 3.67. The molecule has 0 spiro atoms. The zero-order valence-corrected chi connectivity index (χ0v) is 9.44. The van der Waals surface area contributed by atoms with Crippen molar-refractivity contribution in [2.75, 3.05) is 17.3 Å². The van der Waals surface area contributed by atoms with Crippen LogP contribution < -0.4 is 10.2 Å². The first-order valence-corrected chi connectivity index (χ1v) is 5.38. The van der Waals surface area contributed by atoms with Gasteiger partial charge in [0.1, 0.15) is 0 Å². The maximum atomic E-state index is 11.8. The summed E-state index contributed by atoms with van der Waals surface area (Å²) in [5.41, 5.74) is 0.822. The summed E-state index contributed by atoms with van der Waals surface area (Å²) in [5.74, 6) is 0.470. The van der Waals surface area contributed by atoms with E-state index in [0.29, 0.717) is 5.82 Å². The largest absolute Gasteiger partial charge is 0.327 e. The lowest BCUT2D eigenvalue weighted by Gasteiger charge is -2.16. The summed E-state index contributed by atoms with van der Waals surface area (Å²) in [5, 5.41) is 2.64. The second kappa shape index (κ2) is 4.71. The zero-order valence-electron chi connectivity index (χ0n) is 8.62. The van der Waals surface area contributed by atoms with Crippen molar-refractivity contribution >= 4 is 29.3 Å². The Bertz CT molecular complexity index is 457. The molecule has 0 fully saturated rings. The third-order valence-corrected chi connectivity index (χ3v) is 2.52. The predicted molar refractivity (Wildman–Crippen MR) is 63.8 cm³/mol. The van der Waals surface area contributed by atoms with Gasteiger partial charge in [0.05, 0.1) is 17.9 Å². The van der Waals surface area contributed by atoms with Crippen LogP contribution in [0.15, 0.2) is 36.5 Å². The van der Waals surface area contributed by atoms with Crippen LogP contribution in [0.4, 0.5) is 16.3 Å². The fourth-order valence-corrected chi connectivity index (χ4v) is 1.56. The number of para-hydroxylation sites is 1. The molecule has 0 radical (unpaired) electrons. The van der Waals surface area contributed by atoms with E-state index in [0.717, 1.165) is 17.4 Å². The molecule has 0 aliphatic rings. The Balaban J connectivity index is 2.05. The number of hydrogen-bond donors (Lipinski definition) is 1. The van der Waals surface area contributed by atoms with Crippen molar-refractivity contribution in [3.63, 3.8) is 0 Å². The van der Waals surface area contributed by atoms with Gasteiger partial charge in [0, 0.05) is 12.7 Å². The van der Waals surface area contributed by atoms with Crippen LogP contribution >= 0.6 is 11.7 Å². The number of hydrogen-bond acceptors (Lipinski definition) is 4. The first-order valence-electron chi connectivity index (χ1n) is 4.64. The van der Waals surface area contributed by atoms with Gasteiger partial charge in [-0.25, -0.2) is 4.79 Å². The standard InChI is InChI=1S/C10H10N4OS/c1-14(8-5-3-2-4-6-8)10(15)12-9-7-11-16-13-9/h2-7H,1H3,(H,12,13,15). The zero-order chi connectivity index (χ0) is 11.4. The van der Waals surface area contributed by atoms with Crippen LogP contribution in [0.5, 0.6) is 0 Å². The normalized spacial score (nSPS) is 9.81. The van der Waals surface area contributed by atoms with Gasteiger partial charge in [-0.15, -0.1) is 0 Å². The fraction of sp³-hybridized carbons (Fsp3) is 0.100. The third kappa shape index (κ3) is 2.34. The first kappa shape index (κ1) is 10.6. The summed E-state index contributed by atoms with van der Waals surface area (Å²) < 4.78 is 7.71. The lowest BCUT2D eigenvalue weighted by molar-refractivity contribution is 0.258. The van der Waals surface area contributed by atoms with Gasteiger partial charge >= 0.3 is 6.03 Å². The SMILES string of the molecule is CN(C(=O)Nc1cnsn1)c1ccccc1. The van der Waals surface area contributed by atoms with Gasteiger partial charge in [-0.3, -0.25) is 10.2 Å². The molecule has 2 aromatic rings. The summed E-state index contributed by atoms with van der Waals surface area (Å²) in [7, 11) is 1.70. The Labute approximate surface area is 97.1 Å². The van der Waals surface area contributed by atoms with Crippen LogP contribution in [-0.4, -0.2) is 21.8 Å². The molecule has 1 aromatic heterocycles. The van der Waals surface area contributed by atoms with E-state index in [-0.39, 0.29) is 6.03 Å². The highest BCUT2D eigenvalue weighted by Gasteiger charge is 2.11. The van der Waals surface area contributed by atoms with Crippen LogP contribution in [0.3, 0.4) is 0 Å². The molecular formula is C10H10N4OS. The van der Waals surface area contributed by atoms with E-state index in [9.17, 15) is 4.79 Å².